The van der Waals surface area contributed by atoms with Gasteiger partial charge in [-0.25, -0.2) is 0 Å². The Balaban J connectivity index is 2.33. The lowest BCUT2D eigenvalue weighted by molar-refractivity contribution is 0.549. The van der Waals surface area contributed by atoms with E-state index in [1.807, 2.05) is 24.3 Å². The van der Waals surface area contributed by atoms with Crippen LogP contribution in [0.4, 0.5) is 0 Å². The fraction of sp³-hybridized carbons (Fsp3) is 0.267. The quantitative estimate of drug-likeness (QED) is 0.841. The van der Waals surface area contributed by atoms with E-state index in [1.165, 1.54) is 0 Å². The molecule has 0 aliphatic rings. The Labute approximate surface area is 134 Å². The van der Waals surface area contributed by atoms with Gasteiger partial charge >= 0.3 is 0 Å². The zero-order valence-electron chi connectivity index (χ0n) is 11.0. The van der Waals surface area contributed by atoms with Crippen molar-refractivity contribution in [3.63, 3.8) is 0 Å². The van der Waals surface area contributed by atoms with Gasteiger partial charge in [0, 0.05) is 28.5 Å². The molecule has 2 aromatic rings. The fourth-order valence-corrected chi connectivity index (χ4v) is 2.94. The minimum Gasteiger partial charge on any atom is -0.310 e. The molecule has 1 aromatic heterocycles. The first-order chi connectivity index (χ1) is 9.63. The van der Waals surface area contributed by atoms with Crippen molar-refractivity contribution < 1.29 is 0 Å². The fourth-order valence-electron chi connectivity index (χ4n) is 2.14. The van der Waals surface area contributed by atoms with Crippen molar-refractivity contribution in [3.05, 3.63) is 62.9 Å². The molecule has 0 saturated carbocycles. The standard InChI is InChI=1S/C15H15Cl3N2/c1-2-20-15(10-6-7-19-9-14(10)18)8-11-12(16)4-3-5-13(11)17/h3-7,9,15,20H,2,8H2,1H3. The molecule has 0 amide bonds. The van der Waals surface area contributed by atoms with Crippen LogP contribution in [0, 0.1) is 0 Å². The van der Waals surface area contributed by atoms with Gasteiger partial charge in [0.05, 0.1) is 5.02 Å². The average Bonchev–Trinajstić information content (AvgIpc) is 2.43. The van der Waals surface area contributed by atoms with Crippen molar-refractivity contribution in [2.45, 2.75) is 19.4 Å². The zero-order chi connectivity index (χ0) is 14.5. The molecule has 5 heteroatoms. The number of pyridine rings is 1. The molecule has 0 spiro atoms. The van der Waals surface area contributed by atoms with Gasteiger partial charge in [-0.2, -0.15) is 0 Å². The van der Waals surface area contributed by atoms with Crippen molar-refractivity contribution in [2.75, 3.05) is 6.54 Å². The zero-order valence-corrected chi connectivity index (χ0v) is 13.3. The Kier molecular flexibility index (Phi) is 5.67. The maximum atomic E-state index is 6.24. The molecule has 1 N–H and O–H groups in total. The lowest BCUT2D eigenvalue weighted by Crippen LogP contribution is -2.23. The number of nitrogens with one attached hydrogen (secondary N) is 1. The highest BCUT2D eigenvalue weighted by molar-refractivity contribution is 6.36. The summed E-state index contributed by atoms with van der Waals surface area (Å²) >= 11 is 18.7. The van der Waals surface area contributed by atoms with E-state index in [9.17, 15) is 0 Å². The number of nitrogens with zero attached hydrogens (tertiary/aromatic N) is 1. The van der Waals surface area contributed by atoms with Gasteiger partial charge in [0.15, 0.2) is 0 Å². The monoisotopic (exact) mass is 328 g/mol. The molecule has 1 aromatic carbocycles. The lowest BCUT2D eigenvalue weighted by atomic mass is 9.99. The topological polar surface area (TPSA) is 24.9 Å². The van der Waals surface area contributed by atoms with Crippen LogP contribution in [0.5, 0.6) is 0 Å². The Morgan fingerprint density at radius 3 is 2.40 bits per heavy atom. The summed E-state index contributed by atoms with van der Waals surface area (Å²) in [6, 6.07) is 7.50. The normalized spacial score (nSPS) is 12.4. The van der Waals surface area contributed by atoms with Crippen molar-refractivity contribution in [3.8, 4) is 0 Å². The Morgan fingerprint density at radius 2 is 1.80 bits per heavy atom. The summed E-state index contributed by atoms with van der Waals surface area (Å²) < 4.78 is 0. The smallest absolute Gasteiger partial charge is 0.0637 e. The maximum Gasteiger partial charge on any atom is 0.0637 e. The molecular weight excluding hydrogens is 315 g/mol. The summed E-state index contributed by atoms with van der Waals surface area (Å²) in [6.07, 6.45) is 4.06. The molecule has 0 bridgehead atoms. The molecular formula is C15H15Cl3N2. The minimum atomic E-state index is 0.0490. The molecule has 106 valence electrons. The van der Waals surface area contributed by atoms with Crippen LogP contribution in [-0.2, 0) is 6.42 Å². The number of hydrogen-bond donors (Lipinski definition) is 1. The molecule has 1 heterocycles. The molecule has 0 radical (unpaired) electrons. The number of aromatic nitrogens is 1. The molecule has 2 rings (SSSR count). The van der Waals surface area contributed by atoms with Crippen molar-refractivity contribution in [1.29, 1.82) is 0 Å². The summed E-state index contributed by atoms with van der Waals surface area (Å²) in [5.41, 5.74) is 1.93. The molecule has 1 unspecified atom stereocenters. The van der Waals surface area contributed by atoms with Crippen LogP contribution in [-0.4, -0.2) is 11.5 Å². The second-order valence-corrected chi connectivity index (χ2v) is 5.63. The van der Waals surface area contributed by atoms with Gasteiger partial charge in [0.2, 0.25) is 0 Å². The lowest BCUT2D eigenvalue weighted by Gasteiger charge is -2.20. The number of rotatable bonds is 5. The van der Waals surface area contributed by atoms with Crippen LogP contribution in [0.1, 0.15) is 24.1 Å². The van der Waals surface area contributed by atoms with Gasteiger partial charge in [-0.15, -0.1) is 0 Å². The highest BCUT2D eigenvalue weighted by Gasteiger charge is 2.17. The van der Waals surface area contributed by atoms with E-state index in [0.29, 0.717) is 21.5 Å². The third kappa shape index (κ3) is 3.64. The first kappa shape index (κ1) is 15.6. The number of likely N-dealkylation sites (N-methyl/N-ethyl adjacent to an activating group) is 1. The molecule has 0 fully saturated rings. The van der Waals surface area contributed by atoms with Gasteiger partial charge < -0.3 is 5.32 Å². The van der Waals surface area contributed by atoms with Crippen LogP contribution >= 0.6 is 34.8 Å². The van der Waals surface area contributed by atoms with Gasteiger partial charge in [0.1, 0.15) is 0 Å². The van der Waals surface area contributed by atoms with Crippen LogP contribution in [0.15, 0.2) is 36.7 Å². The van der Waals surface area contributed by atoms with Crippen LogP contribution in [0.3, 0.4) is 0 Å². The Bertz CT molecular complexity index is 567. The Morgan fingerprint density at radius 1 is 1.10 bits per heavy atom. The first-order valence-corrected chi connectivity index (χ1v) is 7.52. The SMILES string of the molecule is CCNC(Cc1c(Cl)cccc1Cl)c1ccncc1Cl. The predicted octanol–water partition coefficient (Wildman–Crippen LogP) is 4.94. The summed E-state index contributed by atoms with van der Waals surface area (Å²) in [7, 11) is 0. The highest BCUT2D eigenvalue weighted by Crippen LogP contribution is 2.31. The molecule has 0 saturated heterocycles. The van der Waals surface area contributed by atoms with Gasteiger partial charge in [-0.1, -0.05) is 47.8 Å². The van der Waals surface area contributed by atoms with Gasteiger partial charge in [-0.3, -0.25) is 4.98 Å². The molecule has 2 nitrogen and oxygen atoms in total. The highest BCUT2D eigenvalue weighted by atomic mass is 35.5. The van der Waals surface area contributed by atoms with Gasteiger partial charge in [-0.05, 0) is 42.3 Å². The predicted molar refractivity (Wildman–Crippen MR) is 85.8 cm³/mol. The Hall–Kier alpha value is -0.800. The largest absolute Gasteiger partial charge is 0.310 e. The van der Waals surface area contributed by atoms with Gasteiger partial charge in [0.25, 0.3) is 0 Å². The second kappa shape index (κ2) is 7.28. The van der Waals surface area contributed by atoms with Crippen LogP contribution in [0.2, 0.25) is 15.1 Å². The minimum absolute atomic E-state index is 0.0490. The summed E-state index contributed by atoms with van der Waals surface area (Å²) in [5.74, 6) is 0. The second-order valence-electron chi connectivity index (χ2n) is 4.41. The summed E-state index contributed by atoms with van der Waals surface area (Å²) in [5, 5.41) is 5.40. The first-order valence-electron chi connectivity index (χ1n) is 6.39. The third-order valence-electron chi connectivity index (χ3n) is 3.10. The van der Waals surface area contributed by atoms with Crippen molar-refractivity contribution >= 4 is 34.8 Å². The van der Waals surface area contributed by atoms with Crippen LogP contribution < -0.4 is 5.32 Å². The molecule has 1 atom stereocenters. The number of benzene rings is 1. The van der Waals surface area contributed by atoms with E-state index in [1.54, 1.807) is 12.4 Å². The van der Waals surface area contributed by atoms with Crippen LogP contribution in [0.25, 0.3) is 0 Å². The van der Waals surface area contributed by atoms with E-state index >= 15 is 0 Å². The number of hydrogen-bond acceptors (Lipinski definition) is 2. The van der Waals surface area contributed by atoms with E-state index < -0.39 is 0 Å². The molecule has 0 aliphatic heterocycles. The molecule has 20 heavy (non-hydrogen) atoms. The summed E-state index contributed by atoms with van der Waals surface area (Å²) in [4.78, 5) is 4.02. The van der Waals surface area contributed by atoms with E-state index in [2.05, 4.69) is 17.2 Å². The van der Waals surface area contributed by atoms with E-state index in [-0.39, 0.29) is 6.04 Å². The number of halogens is 3. The van der Waals surface area contributed by atoms with E-state index in [4.69, 9.17) is 34.8 Å². The third-order valence-corrected chi connectivity index (χ3v) is 4.12. The average molecular weight is 330 g/mol. The maximum absolute atomic E-state index is 6.24. The summed E-state index contributed by atoms with van der Waals surface area (Å²) in [6.45, 7) is 2.88. The van der Waals surface area contributed by atoms with E-state index in [0.717, 1.165) is 17.7 Å². The molecule has 0 aliphatic carbocycles. The van der Waals surface area contributed by atoms with Crippen molar-refractivity contribution in [1.82, 2.24) is 10.3 Å². The van der Waals surface area contributed by atoms with Crippen molar-refractivity contribution in [2.24, 2.45) is 0 Å².